The Kier molecular flexibility index (Phi) is 13.7. The van der Waals surface area contributed by atoms with Gasteiger partial charge in [-0.25, -0.2) is 8.78 Å². The van der Waals surface area contributed by atoms with Gasteiger partial charge in [-0.05, 0) is 36.4 Å². The Hall–Kier alpha value is -4.62. The van der Waals surface area contributed by atoms with E-state index in [0.29, 0.717) is 11.8 Å². The minimum absolute atomic E-state index is 0. The van der Waals surface area contributed by atoms with Crippen molar-refractivity contribution < 1.29 is 97.5 Å². The Morgan fingerprint density at radius 3 is 1.33 bits per heavy atom. The highest BCUT2D eigenvalue weighted by atomic mass is 32.3. The summed E-state index contributed by atoms with van der Waals surface area (Å²) in [6.07, 6.45) is 0.857. The summed E-state index contributed by atoms with van der Waals surface area (Å²) in [5.74, 6) is -2.12. The van der Waals surface area contributed by atoms with Crippen LogP contribution in [-0.2, 0) is 34.0 Å². The maximum absolute atomic E-state index is 13.6. The lowest BCUT2D eigenvalue weighted by Crippen LogP contribution is -2.34. The SMILES string of the molecule is C.O=Cc1ccc(F)c2cccc(O)c12.O=Cc1ccc(F)c2cccc(OS(=O)(=O)C(F)(F)F)c12.O=S(=O)(OS(=O)(=O)C(F)(F)F)C(F)(F)F.[HH]. The van der Waals surface area contributed by atoms with Gasteiger partial charge in [-0.2, -0.15) is 64.8 Å². The first-order valence-corrected chi connectivity index (χ1v) is 16.2. The first kappa shape index (κ1) is 44.4. The second-order valence-corrected chi connectivity index (χ2v) is 13.6. The molecule has 0 saturated carbocycles. The number of phenolic OH excluding ortho intramolecular Hbond substituents is 1. The predicted octanol–water partition coefficient (Wildman–Crippen LogP) is 7.10. The fraction of sp³-hybridized carbons (Fsp3) is 0.154. The van der Waals surface area contributed by atoms with Crippen LogP contribution in [-0.4, -0.2) is 59.5 Å². The molecule has 11 nitrogen and oxygen atoms in total. The highest BCUT2D eigenvalue weighted by Crippen LogP contribution is 2.35. The number of carbonyl (C=O) groups is 2. The average Bonchev–Trinajstić information content (AvgIpc) is 2.97. The summed E-state index contributed by atoms with van der Waals surface area (Å²) in [4.78, 5) is 21.5. The van der Waals surface area contributed by atoms with E-state index in [0.717, 1.165) is 24.3 Å². The molecule has 0 bridgehead atoms. The highest BCUT2D eigenvalue weighted by Gasteiger charge is 2.57. The highest BCUT2D eigenvalue weighted by molar-refractivity contribution is 8.00. The first-order chi connectivity index (χ1) is 22.6. The van der Waals surface area contributed by atoms with Gasteiger partial charge in [0.15, 0.2) is 18.3 Å². The number of benzene rings is 4. The maximum Gasteiger partial charge on any atom is 0.534 e. The summed E-state index contributed by atoms with van der Waals surface area (Å²) in [5.41, 5.74) is -18.1. The molecule has 25 heteroatoms. The summed E-state index contributed by atoms with van der Waals surface area (Å²) < 4.78 is 200. The lowest BCUT2D eigenvalue weighted by atomic mass is 10.0. The molecule has 0 amide bonds. The number of aromatic hydroxyl groups is 1. The lowest BCUT2D eigenvalue weighted by Gasteiger charge is -2.12. The van der Waals surface area contributed by atoms with Crippen LogP contribution in [0.1, 0.15) is 29.6 Å². The van der Waals surface area contributed by atoms with Crippen molar-refractivity contribution in [3.05, 3.63) is 83.4 Å². The molecule has 4 rings (SSSR count). The van der Waals surface area contributed by atoms with Gasteiger partial charge in [0.25, 0.3) is 0 Å². The number of carbonyl (C=O) groups excluding carboxylic acids is 2. The second-order valence-electron chi connectivity index (χ2n) is 8.74. The number of fused-ring (bicyclic) bond motifs is 2. The van der Waals surface area contributed by atoms with E-state index in [4.69, 9.17) is 0 Å². The fourth-order valence-corrected chi connectivity index (χ4v) is 5.40. The van der Waals surface area contributed by atoms with E-state index in [9.17, 15) is 88.2 Å². The number of alkyl halides is 9. The summed E-state index contributed by atoms with van der Waals surface area (Å²) in [6, 6.07) is 12.2. The van der Waals surface area contributed by atoms with Crippen molar-refractivity contribution in [1.29, 1.82) is 0 Å². The standard InChI is InChI=1S/C12H6F4O4S.C11H7FO2.C2F6O5S2.CH4.H2/c13-9-5-4-7(6-17)11-8(9)2-1-3-10(11)20-21(18,19)12(14,15)16;12-9-5-4-7(6-13)11-8(9)2-1-3-10(11)14;3-1(4,5)14(9,10)13-15(11,12)2(6,7)8;;/h1-6H;1-6,14H;;1H4;1H. The summed E-state index contributed by atoms with van der Waals surface area (Å²) in [6.45, 7) is 0. The molecule has 0 aliphatic heterocycles. The number of hydrogen-bond acceptors (Lipinski definition) is 11. The van der Waals surface area contributed by atoms with Crippen LogP contribution in [0.15, 0.2) is 60.7 Å². The summed E-state index contributed by atoms with van der Waals surface area (Å²) in [5, 5.41) is 9.43. The maximum atomic E-state index is 13.6. The van der Waals surface area contributed by atoms with Gasteiger partial charge in [0.1, 0.15) is 17.4 Å². The van der Waals surface area contributed by atoms with Crippen LogP contribution < -0.4 is 4.18 Å². The Morgan fingerprint density at radius 1 is 0.569 bits per heavy atom. The normalized spacial score (nSPS) is 12.5. The van der Waals surface area contributed by atoms with E-state index in [1.165, 1.54) is 36.4 Å². The smallest absolute Gasteiger partial charge is 0.507 e. The van der Waals surface area contributed by atoms with E-state index in [-0.39, 0.29) is 48.0 Å². The zero-order chi connectivity index (χ0) is 38.7. The van der Waals surface area contributed by atoms with Crippen LogP contribution in [0, 0.1) is 11.6 Å². The van der Waals surface area contributed by atoms with Crippen LogP contribution in [0.3, 0.4) is 0 Å². The van der Waals surface area contributed by atoms with Crippen LogP contribution in [0.4, 0.5) is 48.3 Å². The van der Waals surface area contributed by atoms with E-state index >= 15 is 0 Å². The van der Waals surface area contributed by atoms with Crippen molar-refractivity contribution in [2.45, 2.75) is 24.0 Å². The Labute approximate surface area is 280 Å². The molecule has 0 aromatic heterocycles. The molecule has 4 aromatic rings. The van der Waals surface area contributed by atoms with Gasteiger partial charge in [-0.1, -0.05) is 31.7 Å². The van der Waals surface area contributed by atoms with Crippen LogP contribution in [0.5, 0.6) is 11.5 Å². The minimum atomic E-state index is -6.85. The molecule has 0 aliphatic carbocycles. The van der Waals surface area contributed by atoms with E-state index in [1.54, 1.807) is 0 Å². The van der Waals surface area contributed by atoms with Gasteiger partial charge >= 0.3 is 46.9 Å². The first-order valence-electron chi connectivity index (χ1n) is 12.0. The number of aldehydes is 2. The predicted molar refractivity (Wildman–Crippen MR) is 156 cm³/mol. The summed E-state index contributed by atoms with van der Waals surface area (Å²) >= 11 is 0. The zero-order valence-corrected chi connectivity index (χ0v) is 25.8. The quantitative estimate of drug-likeness (QED) is 0.0910. The van der Waals surface area contributed by atoms with Gasteiger partial charge in [0, 0.05) is 34.1 Å². The monoisotopic (exact) mass is 812 g/mol. The zero-order valence-electron chi connectivity index (χ0n) is 23.3. The van der Waals surface area contributed by atoms with Crippen molar-refractivity contribution in [3.63, 3.8) is 0 Å². The molecular formula is C26H19F11O11S3. The van der Waals surface area contributed by atoms with Crippen molar-refractivity contribution in [2.75, 3.05) is 0 Å². The third-order valence-electron chi connectivity index (χ3n) is 5.46. The Bertz CT molecular complexity index is 2220. The van der Waals surface area contributed by atoms with Crippen molar-refractivity contribution in [2.24, 2.45) is 0 Å². The largest absolute Gasteiger partial charge is 0.534 e. The minimum Gasteiger partial charge on any atom is -0.507 e. The number of phenols is 1. The molecule has 4 aromatic carbocycles. The fourth-order valence-electron chi connectivity index (χ4n) is 3.37. The Morgan fingerprint density at radius 2 is 0.941 bits per heavy atom. The third kappa shape index (κ3) is 10.2. The van der Waals surface area contributed by atoms with E-state index in [2.05, 4.69) is 4.18 Å². The van der Waals surface area contributed by atoms with Crippen molar-refractivity contribution >= 4 is 64.5 Å². The molecule has 0 spiro atoms. The van der Waals surface area contributed by atoms with Gasteiger partial charge < -0.3 is 9.29 Å². The van der Waals surface area contributed by atoms with Gasteiger partial charge in [-0.15, -0.1) is 3.63 Å². The van der Waals surface area contributed by atoms with E-state index in [1.807, 2.05) is 3.63 Å². The molecule has 0 fully saturated rings. The summed E-state index contributed by atoms with van der Waals surface area (Å²) in [7, 11) is -19.6. The van der Waals surface area contributed by atoms with Crippen LogP contribution in [0.25, 0.3) is 21.5 Å². The van der Waals surface area contributed by atoms with Crippen LogP contribution >= 0.6 is 0 Å². The van der Waals surface area contributed by atoms with Gasteiger partial charge in [-0.3, -0.25) is 9.59 Å². The molecule has 0 aliphatic rings. The Balaban J connectivity index is 0.000000756. The average molecular weight is 813 g/mol. The molecule has 284 valence electrons. The van der Waals surface area contributed by atoms with Crippen LogP contribution in [0.2, 0.25) is 0 Å². The molecule has 0 heterocycles. The third-order valence-corrected chi connectivity index (χ3v) is 9.00. The number of rotatable bonds is 6. The van der Waals surface area contributed by atoms with Crippen molar-refractivity contribution in [1.82, 2.24) is 0 Å². The number of halogens is 11. The topological polar surface area (TPSA) is 175 Å². The second kappa shape index (κ2) is 15.7. The molecule has 0 radical (unpaired) electrons. The van der Waals surface area contributed by atoms with Gasteiger partial charge in [0.2, 0.25) is 0 Å². The molecule has 0 saturated heterocycles. The van der Waals surface area contributed by atoms with E-state index < -0.39 is 64.3 Å². The number of hydrogen-bond donors (Lipinski definition) is 1. The van der Waals surface area contributed by atoms with Crippen molar-refractivity contribution in [3.8, 4) is 11.5 Å². The molecular weight excluding hydrogens is 793 g/mol. The molecule has 0 unspecified atom stereocenters. The lowest BCUT2D eigenvalue weighted by molar-refractivity contribution is -0.0586. The molecule has 1 N–H and O–H groups in total. The van der Waals surface area contributed by atoms with Gasteiger partial charge in [0.05, 0.1) is 0 Å². The molecule has 0 atom stereocenters. The molecule has 51 heavy (non-hydrogen) atoms.